The van der Waals surface area contributed by atoms with Gasteiger partial charge in [-0.25, -0.2) is 9.97 Å². The molecule has 0 unspecified atom stereocenters. The van der Waals surface area contributed by atoms with Crippen molar-refractivity contribution in [2.75, 3.05) is 30.0 Å². The van der Waals surface area contributed by atoms with Crippen LogP contribution in [0, 0.1) is 6.92 Å². The summed E-state index contributed by atoms with van der Waals surface area (Å²) < 4.78 is 0.204. The third-order valence-corrected chi connectivity index (χ3v) is 3.89. The molecule has 2 N–H and O–H groups in total. The Bertz CT molecular complexity index is 379. The molecule has 0 spiro atoms. The topological polar surface area (TPSA) is 49.8 Å². The molecule has 0 saturated carbocycles. The van der Waals surface area contributed by atoms with Crippen molar-refractivity contribution in [1.29, 1.82) is 0 Å². The number of aromatic nitrogens is 2. The Morgan fingerprint density at radius 2 is 1.83 bits per heavy atom. The predicted molar refractivity (Wildman–Crippen MR) is 81.6 cm³/mol. The van der Waals surface area contributed by atoms with E-state index in [1.54, 1.807) is 0 Å². The molecule has 0 aliphatic rings. The molecule has 0 amide bonds. The lowest BCUT2D eigenvalue weighted by atomic mass is 10.2. The van der Waals surface area contributed by atoms with Gasteiger partial charge in [0.2, 0.25) is 0 Å². The number of hydrogen-bond donors (Lipinski definition) is 2. The van der Waals surface area contributed by atoms with Crippen molar-refractivity contribution >= 4 is 23.4 Å². The van der Waals surface area contributed by atoms with Crippen molar-refractivity contribution < 1.29 is 0 Å². The minimum absolute atomic E-state index is 0.204. The summed E-state index contributed by atoms with van der Waals surface area (Å²) >= 11 is 1.85. The van der Waals surface area contributed by atoms with E-state index in [2.05, 4.69) is 47.6 Å². The highest BCUT2D eigenvalue weighted by Crippen LogP contribution is 2.21. The molecule has 18 heavy (non-hydrogen) atoms. The Balaban J connectivity index is 2.68. The zero-order valence-electron chi connectivity index (χ0n) is 12.0. The first-order chi connectivity index (χ1) is 8.46. The molecule has 0 radical (unpaired) electrons. The molecule has 1 rings (SSSR count). The summed E-state index contributed by atoms with van der Waals surface area (Å²) in [5.74, 6) is 2.58. The van der Waals surface area contributed by atoms with Crippen LogP contribution in [-0.2, 0) is 0 Å². The highest BCUT2D eigenvalue weighted by molar-refractivity contribution is 7.99. The molecule has 0 saturated heterocycles. The van der Waals surface area contributed by atoms with E-state index >= 15 is 0 Å². The molecule has 0 fully saturated rings. The third kappa shape index (κ3) is 5.12. The second-order valence-corrected chi connectivity index (χ2v) is 6.44. The first-order valence-corrected chi connectivity index (χ1v) is 7.58. The smallest absolute Gasteiger partial charge is 0.131 e. The van der Waals surface area contributed by atoms with Gasteiger partial charge in [0.25, 0.3) is 0 Å². The largest absolute Gasteiger partial charge is 0.370 e. The van der Waals surface area contributed by atoms with E-state index in [0.717, 1.165) is 37.0 Å². The Morgan fingerprint density at radius 3 is 2.39 bits per heavy atom. The van der Waals surface area contributed by atoms with Gasteiger partial charge in [-0.15, -0.1) is 0 Å². The molecule has 0 aromatic carbocycles. The summed E-state index contributed by atoms with van der Waals surface area (Å²) in [5.41, 5.74) is 0. The van der Waals surface area contributed by atoms with Gasteiger partial charge in [0.1, 0.15) is 17.5 Å². The fraction of sp³-hybridized carbons (Fsp3) is 0.692. The number of thioether (sulfide) groups is 1. The second kappa shape index (κ2) is 6.83. The molecule has 1 aromatic heterocycles. The first kappa shape index (κ1) is 15.1. The van der Waals surface area contributed by atoms with Gasteiger partial charge in [-0.05, 0) is 33.4 Å². The summed E-state index contributed by atoms with van der Waals surface area (Å²) in [5, 5.41) is 6.67. The second-order valence-electron chi connectivity index (χ2n) is 4.93. The third-order valence-electron chi connectivity index (χ3n) is 2.64. The fourth-order valence-electron chi connectivity index (χ4n) is 1.38. The number of rotatable bonds is 7. The highest BCUT2D eigenvalue weighted by Gasteiger charge is 2.15. The van der Waals surface area contributed by atoms with Gasteiger partial charge in [-0.2, -0.15) is 11.8 Å². The molecular formula is C13H24N4S. The summed E-state index contributed by atoms with van der Waals surface area (Å²) in [6.45, 7) is 10.3. The Hall–Kier alpha value is -0.970. The van der Waals surface area contributed by atoms with Crippen LogP contribution in [0.5, 0.6) is 0 Å². The maximum atomic E-state index is 4.41. The van der Waals surface area contributed by atoms with Gasteiger partial charge in [0, 0.05) is 23.9 Å². The maximum absolute atomic E-state index is 4.41. The number of nitrogens with zero attached hydrogens (tertiary/aromatic N) is 2. The number of nitrogens with one attached hydrogen (secondary N) is 2. The molecule has 0 aliphatic heterocycles. The zero-order valence-corrected chi connectivity index (χ0v) is 12.8. The Morgan fingerprint density at radius 1 is 1.22 bits per heavy atom. The van der Waals surface area contributed by atoms with Crippen LogP contribution in [0.3, 0.4) is 0 Å². The molecule has 4 nitrogen and oxygen atoms in total. The van der Waals surface area contributed by atoms with Crippen molar-refractivity contribution in [3.63, 3.8) is 0 Å². The molecule has 5 heteroatoms. The lowest BCUT2D eigenvalue weighted by Gasteiger charge is -2.22. The summed E-state index contributed by atoms with van der Waals surface area (Å²) in [4.78, 5) is 8.78. The van der Waals surface area contributed by atoms with E-state index in [0.29, 0.717) is 0 Å². The standard InChI is InChI=1S/C13H24N4S/c1-6-7-14-11-8-12(17-10(2)16-11)15-9-13(3,4)18-5/h8H,6-7,9H2,1-5H3,(H2,14,15,16,17). The van der Waals surface area contributed by atoms with E-state index in [1.165, 1.54) is 0 Å². The van der Waals surface area contributed by atoms with E-state index in [4.69, 9.17) is 0 Å². The molecule has 0 atom stereocenters. The van der Waals surface area contributed by atoms with E-state index in [1.807, 2.05) is 24.8 Å². The van der Waals surface area contributed by atoms with Crippen molar-refractivity contribution in [2.24, 2.45) is 0 Å². The average molecular weight is 268 g/mol. The van der Waals surface area contributed by atoms with Crippen LogP contribution in [0.4, 0.5) is 11.6 Å². The molecule has 1 aromatic rings. The SMILES string of the molecule is CCCNc1cc(NCC(C)(C)SC)nc(C)n1. The van der Waals surface area contributed by atoms with Crippen LogP contribution in [0.25, 0.3) is 0 Å². The van der Waals surface area contributed by atoms with Gasteiger partial charge >= 0.3 is 0 Å². The molecule has 0 bridgehead atoms. The number of hydrogen-bond acceptors (Lipinski definition) is 5. The summed E-state index contributed by atoms with van der Waals surface area (Å²) in [6, 6.07) is 1.97. The molecule has 1 heterocycles. The summed E-state index contributed by atoms with van der Waals surface area (Å²) in [7, 11) is 0. The van der Waals surface area contributed by atoms with Crippen LogP contribution in [0.2, 0.25) is 0 Å². The van der Waals surface area contributed by atoms with Gasteiger partial charge in [0.05, 0.1) is 0 Å². The van der Waals surface area contributed by atoms with Gasteiger partial charge in [-0.3, -0.25) is 0 Å². The number of aryl methyl sites for hydroxylation is 1. The summed E-state index contributed by atoms with van der Waals surface area (Å²) in [6.07, 6.45) is 3.21. The van der Waals surface area contributed by atoms with Gasteiger partial charge < -0.3 is 10.6 Å². The van der Waals surface area contributed by atoms with E-state index in [-0.39, 0.29) is 4.75 Å². The fourth-order valence-corrected chi connectivity index (χ4v) is 1.59. The molecule has 102 valence electrons. The van der Waals surface area contributed by atoms with Gasteiger partial charge in [-0.1, -0.05) is 6.92 Å². The van der Waals surface area contributed by atoms with Crippen LogP contribution in [-0.4, -0.2) is 34.1 Å². The highest BCUT2D eigenvalue weighted by atomic mass is 32.2. The molecule has 0 aliphatic carbocycles. The first-order valence-electron chi connectivity index (χ1n) is 6.35. The lowest BCUT2D eigenvalue weighted by Crippen LogP contribution is -2.26. The van der Waals surface area contributed by atoms with E-state index in [9.17, 15) is 0 Å². The van der Waals surface area contributed by atoms with E-state index < -0.39 is 0 Å². The van der Waals surface area contributed by atoms with Crippen molar-refractivity contribution in [2.45, 2.75) is 38.9 Å². The van der Waals surface area contributed by atoms with Crippen LogP contribution < -0.4 is 10.6 Å². The zero-order chi connectivity index (χ0) is 13.6. The predicted octanol–water partition coefficient (Wildman–Crippen LogP) is 3.16. The normalized spacial score (nSPS) is 11.4. The minimum Gasteiger partial charge on any atom is -0.370 e. The van der Waals surface area contributed by atoms with Crippen molar-refractivity contribution in [1.82, 2.24) is 9.97 Å². The van der Waals surface area contributed by atoms with Crippen molar-refractivity contribution in [3.8, 4) is 0 Å². The number of anilines is 2. The average Bonchev–Trinajstić information content (AvgIpc) is 2.33. The van der Waals surface area contributed by atoms with Crippen molar-refractivity contribution in [3.05, 3.63) is 11.9 Å². The molecular weight excluding hydrogens is 244 g/mol. The monoisotopic (exact) mass is 268 g/mol. The Kier molecular flexibility index (Phi) is 5.72. The maximum Gasteiger partial charge on any atom is 0.131 e. The van der Waals surface area contributed by atoms with Gasteiger partial charge in [0.15, 0.2) is 0 Å². The van der Waals surface area contributed by atoms with Crippen LogP contribution >= 0.6 is 11.8 Å². The van der Waals surface area contributed by atoms with Crippen LogP contribution in [0.15, 0.2) is 6.07 Å². The minimum atomic E-state index is 0.204. The lowest BCUT2D eigenvalue weighted by molar-refractivity contribution is 0.749. The van der Waals surface area contributed by atoms with Crippen LogP contribution in [0.1, 0.15) is 33.0 Å². The Labute approximate surface area is 114 Å². The quantitative estimate of drug-likeness (QED) is 0.795.